The summed E-state index contributed by atoms with van der Waals surface area (Å²) in [6.45, 7) is -0.147. The third-order valence-corrected chi connectivity index (χ3v) is 5.52. The van der Waals surface area contributed by atoms with E-state index < -0.39 is 5.97 Å². The van der Waals surface area contributed by atoms with Gasteiger partial charge in [0.15, 0.2) is 6.61 Å². The van der Waals surface area contributed by atoms with Crippen LogP contribution in [-0.4, -0.2) is 23.2 Å². The van der Waals surface area contributed by atoms with Gasteiger partial charge < -0.3 is 14.0 Å². The van der Waals surface area contributed by atoms with Crippen LogP contribution in [-0.2, 0) is 11.3 Å². The minimum Gasteiger partial charge on any atom is -0.496 e. The van der Waals surface area contributed by atoms with Gasteiger partial charge in [-0.1, -0.05) is 47.1 Å². The molecule has 0 fully saturated rings. The summed E-state index contributed by atoms with van der Waals surface area (Å²) < 4.78 is 16.7. The molecule has 0 saturated carbocycles. The van der Waals surface area contributed by atoms with E-state index in [1.54, 1.807) is 13.2 Å². The molecule has 0 saturated heterocycles. The number of ether oxygens (including phenoxy) is 2. The topological polar surface area (TPSA) is 74.5 Å². The Kier molecular flexibility index (Phi) is 4.79. The highest BCUT2D eigenvalue weighted by Crippen LogP contribution is 2.35. The molecule has 0 atom stereocenters. The van der Waals surface area contributed by atoms with E-state index in [4.69, 9.17) is 25.6 Å². The van der Waals surface area contributed by atoms with Crippen LogP contribution < -0.4 is 4.74 Å². The zero-order valence-electron chi connectivity index (χ0n) is 14.1. The molecule has 0 spiro atoms. The van der Waals surface area contributed by atoms with Gasteiger partial charge in [-0.2, -0.15) is 4.98 Å². The number of carbonyl (C=O) groups is 1. The van der Waals surface area contributed by atoms with E-state index in [2.05, 4.69) is 10.1 Å². The molecule has 2 aromatic carbocycles. The van der Waals surface area contributed by atoms with Crippen molar-refractivity contribution < 1.29 is 18.8 Å². The van der Waals surface area contributed by atoms with Crippen LogP contribution in [0.4, 0.5) is 0 Å². The molecule has 4 rings (SSSR count). The lowest BCUT2D eigenvalue weighted by molar-refractivity contribution is 0.0436. The summed E-state index contributed by atoms with van der Waals surface area (Å²) in [6, 6.07) is 14.8. The fourth-order valence-electron chi connectivity index (χ4n) is 2.59. The van der Waals surface area contributed by atoms with Crippen LogP contribution in [0.5, 0.6) is 5.75 Å². The first-order valence-corrected chi connectivity index (χ1v) is 9.17. The second-order valence-corrected chi connectivity index (χ2v) is 6.96. The smallest absolute Gasteiger partial charge is 0.350 e. The maximum atomic E-state index is 12.4. The molecular formula is C19H13ClN2O4S. The predicted molar refractivity (Wildman–Crippen MR) is 102 cm³/mol. The highest BCUT2D eigenvalue weighted by Gasteiger charge is 2.20. The lowest BCUT2D eigenvalue weighted by Gasteiger charge is -2.03. The number of fused-ring (bicyclic) bond motifs is 1. The Bertz CT molecular complexity index is 1120. The van der Waals surface area contributed by atoms with Crippen molar-refractivity contribution in [1.29, 1.82) is 0 Å². The average molecular weight is 401 g/mol. The van der Waals surface area contributed by atoms with Crippen molar-refractivity contribution in [3.63, 3.8) is 0 Å². The van der Waals surface area contributed by atoms with Gasteiger partial charge in [0.2, 0.25) is 5.82 Å². The molecule has 0 amide bonds. The summed E-state index contributed by atoms with van der Waals surface area (Å²) in [5.41, 5.74) is 0.689. The summed E-state index contributed by atoms with van der Waals surface area (Å²) in [6.07, 6.45) is 0. The van der Waals surface area contributed by atoms with Gasteiger partial charge in [0.25, 0.3) is 5.89 Å². The quantitative estimate of drug-likeness (QED) is 0.440. The van der Waals surface area contributed by atoms with Crippen LogP contribution >= 0.6 is 22.9 Å². The minimum atomic E-state index is -0.529. The van der Waals surface area contributed by atoms with E-state index in [1.165, 1.54) is 11.3 Å². The van der Waals surface area contributed by atoms with Gasteiger partial charge in [0.05, 0.1) is 17.7 Å². The molecule has 6 nitrogen and oxygen atoms in total. The van der Waals surface area contributed by atoms with E-state index in [9.17, 15) is 4.79 Å². The van der Waals surface area contributed by atoms with Crippen LogP contribution in [0.2, 0.25) is 5.02 Å². The molecule has 0 N–H and O–H groups in total. The number of benzene rings is 2. The van der Waals surface area contributed by atoms with E-state index in [-0.39, 0.29) is 12.5 Å². The Hall–Kier alpha value is -2.90. The van der Waals surface area contributed by atoms with Crippen LogP contribution in [0, 0.1) is 0 Å². The highest BCUT2D eigenvalue weighted by molar-refractivity contribution is 7.21. The van der Waals surface area contributed by atoms with Crippen molar-refractivity contribution in [3.8, 4) is 17.1 Å². The van der Waals surface area contributed by atoms with Crippen molar-refractivity contribution in [2.24, 2.45) is 0 Å². The van der Waals surface area contributed by atoms with E-state index in [1.807, 2.05) is 42.5 Å². The Morgan fingerprint density at radius 1 is 1.19 bits per heavy atom. The molecule has 2 aromatic heterocycles. The third kappa shape index (κ3) is 3.39. The average Bonchev–Trinajstić information content (AvgIpc) is 3.31. The molecule has 4 aromatic rings. The number of thiophene rings is 1. The number of methoxy groups -OCH3 is 1. The molecule has 0 radical (unpaired) electrons. The first-order chi connectivity index (χ1) is 13.2. The Morgan fingerprint density at radius 3 is 2.78 bits per heavy atom. The first kappa shape index (κ1) is 17.5. The van der Waals surface area contributed by atoms with Crippen LogP contribution in [0.3, 0.4) is 0 Å². The number of esters is 1. The third-order valence-electron chi connectivity index (χ3n) is 3.86. The molecular weight excluding hydrogens is 388 g/mol. The second-order valence-electron chi connectivity index (χ2n) is 5.53. The summed E-state index contributed by atoms with van der Waals surface area (Å²) in [4.78, 5) is 17.0. The number of aromatic nitrogens is 2. The number of para-hydroxylation sites is 1. The molecule has 136 valence electrons. The summed E-state index contributed by atoms with van der Waals surface area (Å²) in [5, 5.41) is 5.13. The fraction of sp³-hybridized carbons (Fsp3) is 0.105. The molecule has 27 heavy (non-hydrogen) atoms. The largest absolute Gasteiger partial charge is 0.496 e. The first-order valence-electron chi connectivity index (χ1n) is 7.97. The van der Waals surface area contributed by atoms with Gasteiger partial charge in [0.1, 0.15) is 10.6 Å². The molecule has 0 aliphatic heterocycles. The van der Waals surface area contributed by atoms with Crippen LogP contribution in [0.15, 0.2) is 53.1 Å². The summed E-state index contributed by atoms with van der Waals surface area (Å²) in [7, 11) is 1.57. The number of rotatable bonds is 5. The zero-order valence-corrected chi connectivity index (χ0v) is 15.7. The Labute approximate surface area is 163 Å². The monoisotopic (exact) mass is 400 g/mol. The van der Waals surface area contributed by atoms with E-state index in [0.717, 1.165) is 10.1 Å². The van der Waals surface area contributed by atoms with Gasteiger partial charge in [0, 0.05) is 10.1 Å². The number of hydrogen-bond acceptors (Lipinski definition) is 7. The zero-order chi connectivity index (χ0) is 18.8. The van der Waals surface area contributed by atoms with Crippen LogP contribution in [0.25, 0.3) is 21.5 Å². The molecule has 0 aliphatic carbocycles. The van der Waals surface area contributed by atoms with Gasteiger partial charge in [-0.3, -0.25) is 0 Å². The SMILES string of the molecule is COc1ccccc1-c1noc(COC(=O)c2sc3ccccc3c2Cl)n1. The van der Waals surface area contributed by atoms with E-state index >= 15 is 0 Å². The lowest BCUT2D eigenvalue weighted by atomic mass is 10.2. The number of nitrogens with zero attached hydrogens (tertiary/aromatic N) is 2. The molecule has 0 aliphatic rings. The normalized spacial score (nSPS) is 10.9. The predicted octanol–water partition coefficient (Wildman–Crippen LogP) is 4.97. The second kappa shape index (κ2) is 7.38. The summed E-state index contributed by atoms with van der Waals surface area (Å²) >= 11 is 7.58. The summed E-state index contributed by atoms with van der Waals surface area (Å²) in [5.74, 6) is 0.636. The van der Waals surface area contributed by atoms with Crippen molar-refractivity contribution in [2.45, 2.75) is 6.61 Å². The number of carbonyl (C=O) groups excluding carboxylic acids is 1. The molecule has 2 heterocycles. The Morgan fingerprint density at radius 2 is 1.96 bits per heavy atom. The molecule has 0 bridgehead atoms. The van der Waals surface area contributed by atoms with Crippen molar-refractivity contribution in [3.05, 3.63) is 64.3 Å². The van der Waals surface area contributed by atoms with Gasteiger partial charge in [-0.25, -0.2) is 4.79 Å². The minimum absolute atomic E-state index is 0.147. The molecule has 0 unspecified atom stereocenters. The van der Waals surface area contributed by atoms with Crippen molar-refractivity contribution in [1.82, 2.24) is 10.1 Å². The maximum absolute atomic E-state index is 12.4. The highest BCUT2D eigenvalue weighted by atomic mass is 35.5. The maximum Gasteiger partial charge on any atom is 0.350 e. The van der Waals surface area contributed by atoms with Crippen molar-refractivity contribution >= 4 is 39.0 Å². The van der Waals surface area contributed by atoms with Crippen molar-refractivity contribution in [2.75, 3.05) is 7.11 Å². The number of halogens is 1. The number of hydrogen-bond donors (Lipinski definition) is 0. The lowest BCUT2D eigenvalue weighted by Crippen LogP contribution is -2.04. The van der Waals surface area contributed by atoms with Crippen LogP contribution in [0.1, 0.15) is 15.6 Å². The standard InChI is InChI=1S/C19H13ClN2O4S/c1-24-13-8-4-2-6-11(13)18-21-15(26-22-18)10-25-19(23)17-16(20)12-7-3-5-9-14(12)27-17/h2-9H,10H2,1H3. The van der Waals surface area contributed by atoms with Gasteiger partial charge >= 0.3 is 5.97 Å². The van der Waals surface area contributed by atoms with Gasteiger partial charge in [-0.15, -0.1) is 11.3 Å². The van der Waals surface area contributed by atoms with Gasteiger partial charge in [-0.05, 0) is 18.2 Å². The molecule has 8 heteroatoms. The van der Waals surface area contributed by atoms with E-state index in [0.29, 0.717) is 27.0 Å². The fourth-order valence-corrected chi connectivity index (χ4v) is 3.99. The Balaban J connectivity index is 1.50.